The number of fused-ring (bicyclic) bond motifs is 12. The van der Waals surface area contributed by atoms with Crippen LogP contribution in [0.25, 0.3) is 117 Å². The SMILES string of the molecule is CC1(C)c2ccc(-c3c4sc5cc6ccccc6cc5c4cc4sc5ccccc5c34)cc2-c2ccc(-c3c4ccccc4c(-c4ccccc4)c4ccccc34)cc21. The summed E-state index contributed by atoms with van der Waals surface area (Å²) in [6.45, 7) is 4.83. The molecule has 0 radical (unpaired) electrons. The Bertz CT molecular complexity index is 3690. The van der Waals surface area contributed by atoms with Crippen molar-refractivity contribution >= 4 is 95.3 Å². The highest BCUT2D eigenvalue weighted by atomic mass is 32.1. The van der Waals surface area contributed by atoms with Gasteiger partial charge in [0.2, 0.25) is 0 Å². The molecule has 0 amide bonds. The molecule has 2 heterocycles. The second-order valence-corrected chi connectivity index (χ2v) is 18.9. The summed E-state index contributed by atoms with van der Waals surface area (Å²) in [6.07, 6.45) is 0. The topological polar surface area (TPSA) is 0 Å². The van der Waals surface area contributed by atoms with Crippen LogP contribution in [-0.2, 0) is 5.41 Å². The molecule has 0 unspecified atom stereocenters. The Hall–Kier alpha value is -6.58. The van der Waals surface area contributed by atoms with E-state index >= 15 is 0 Å². The van der Waals surface area contributed by atoms with Gasteiger partial charge in [0.1, 0.15) is 0 Å². The third kappa shape index (κ3) is 4.70. The first kappa shape index (κ1) is 33.4. The van der Waals surface area contributed by atoms with E-state index in [1.54, 1.807) is 0 Å². The van der Waals surface area contributed by atoms with Gasteiger partial charge in [0.25, 0.3) is 0 Å². The van der Waals surface area contributed by atoms with Gasteiger partial charge < -0.3 is 0 Å². The molecular weight excluding hydrogens is 749 g/mol. The van der Waals surface area contributed by atoms with Gasteiger partial charge in [0.15, 0.2) is 0 Å². The van der Waals surface area contributed by atoms with Crippen molar-refractivity contribution < 1.29 is 0 Å². The Morgan fingerprint density at radius 2 is 0.932 bits per heavy atom. The Morgan fingerprint density at radius 1 is 0.339 bits per heavy atom. The van der Waals surface area contributed by atoms with Gasteiger partial charge >= 0.3 is 0 Å². The largest absolute Gasteiger partial charge is 0.135 e. The summed E-state index contributed by atoms with van der Waals surface area (Å²) in [6, 6.07) is 68.6. The van der Waals surface area contributed by atoms with E-state index in [1.165, 1.54) is 128 Å². The lowest BCUT2D eigenvalue weighted by molar-refractivity contribution is 0.660. The van der Waals surface area contributed by atoms with Crippen molar-refractivity contribution in [2.24, 2.45) is 0 Å². The first-order valence-corrected chi connectivity index (χ1v) is 22.1. The average molecular weight is 785 g/mol. The smallest absolute Gasteiger partial charge is 0.0441 e. The minimum absolute atomic E-state index is 0.164. The Labute approximate surface area is 350 Å². The predicted octanol–water partition coefficient (Wildman–Crippen LogP) is 17.2. The lowest BCUT2D eigenvalue weighted by Crippen LogP contribution is -2.15. The van der Waals surface area contributed by atoms with E-state index in [0.717, 1.165) is 0 Å². The van der Waals surface area contributed by atoms with Crippen LogP contribution in [0.5, 0.6) is 0 Å². The zero-order valence-electron chi connectivity index (χ0n) is 32.6. The molecule has 0 nitrogen and oxygen atoms in total. The maximum absolute atomic E-state index is 2.52. The van der Waals surface area contributed by atoms with Gasteiger partial charge in [0, 0.05) is 51.3 Å². The first-order chi connectivity index (χ1) is 29.0. The second kappa shape index (κ2) is 12.2. The van der Waals surface area contributed by atoms with E-state index in [4.69, 9.17) is 0 Å². The third-order valence-electron chi connectivity index (χ3n) is 13.2. The van der Waals surface area contributed by atoms with E-state index in [9.17, 15) is 0 Å². The molecule has 0 spiro atoms. The van der Waals surface area contributed by atoms with Crippen LogP contribution in [0.4, 0.5) is 0 Å². The van der Waals surface area contributed by atoms with Gasteiger partial charge in [-0.3, -0.25) is 0 Å². The molecule has 2 heteroatoms. The van der Waals surface area contributed by atoms with Gasteiger partial charge in [-0.1, -0.05) is 159 Å². The fraction of sp³-hybridized carbons (Fsp3) is 0.0526. The van der Waals surface area contributed by atoms with Crippen molar-refractivity contribution in [3.05, 3.63) is 193 Å². The number of hydrogen-bond donors (Lipinski definition) is 0. The minimum atomic E-state index is -0.164. The van der Waals surface area contributed by atoms with Crippen molar-refractivity contribution in [1.82, 2.24) is 0 Å². The van der Waals surface area contributed by atoms with Gasteiger partial charge in [-0.25, -0.2) is 0 Å². The van der Waals surface area contributed by atoms with E-state index in [0.29, 0.717) is 0 Å². The summed E-state index contributed by atoms with van der Waals surface area (Å²) in [5, 5.41) is 13.2. The summed E-state index contributed by atoms with van der Waals surface area (Å²) in [5.74, 6) is 0. The van der Waals surface area contributed by atoms with Crippen LogP contribution in [0.2, 0.25) is 0 Å². The molecule has 10 aromatic carbocycles. The zero-order chi connectivity index (χ0) is 39.0. The van der Waals surface area contributed by atoms with Gasteiger partial charge in [-0.15, -0.1) is 22.7 Å². The maximum Gasteiger partial charge on any atom is 0.0441 e. The van der Waals surface area contributed by atoms with Crippen molar-refractivity contribution in [3.63, 3.8) is 0 Å². The van der Waals surface area contributed by atoms with Crippen molar-refractivity contribution in [1.29, 1.82) is 0 Å². The molecule has 0 N–H and O–H groups in total. The minimum Gasteiger partial charge on any atom is -0.135 e. The molecule has 0 saturated carbocycles. The van der Waals surface area contributed by atoms with E-state index in [2.05, 4.69) is 196 Å². The molecule has 59 heavy (non-hydrogen) atoms. The fourth-order valence-corrected chi connectivity index (χ4v) is 12.9. The normalized spacial score (nSPS) is 13.4. The van der Waals surface area contributed by atoms with Crippen LogP contribution in [-0.4, -0.2) is 0 Å². The summed E-state index contributed by atoms with van der Waals surface area (Å²) >= 11 is 3.87. The number of benzene rings is 10. The van der Waals surface area contributed by atoms with Crippen LogP contribution >= 0.6 is 22.7 Å². The van der Waals surface area contributed by atoms with E-state index in [-0.39, 0.29) is 5.41 Å². The molecule has 276 valence electrons. The average Bonchev–Trinajstić information content (AvgIpc) is 3.90. The fourth-order valence-electron chi connectivity index (χ4n) is 10.5. The quantitative estimate of drug-likeness (QED) is 0.157. The van der Waals surface area contributed by atoms with Crippen molar-refractivity contribution in [2.75, 3.05) is 0 Å². The highest BCUT2D eigenvalue weighted by Crippen LogP contribution is 2.55. The Balaban J connectivity index is 1.04. The predicted molar refractivity (Wildman–Crippen MR) is 259 cm³/mol. The highest BCUT2D eigenvalue weighted by molar-refractivity contribution is 7.28. The molecule has 1 aliphatic carbocycles. The van der Waals surface area contributed by atoms with Crippen molar-refractivity contribution in [3.8, 4) is 44.5 Å². The lowest BCUT2D eigenvalue weighted by Gasteiger charge is -2.23. The van der Waals surface area contributed by atoms with Crippen LogP contribution < -0.4 is 0 Å². The molecule has 2 aromatic heterocycles. The van der Waals surface area contributed by atoms with Crippen LogP contribution in [0.3, 0.4) is 0 Å². The van der Waals surface area contributed by atoms with Crippen LogP contribution in [0.15, 0.2) is 182 Å². The first-order valence-electron chi connectivity index (χ1n) is 20.5. The standard InChI is InChI=1S/C57H36S2/c1-57(2)47-27-25-36(54-55-43-22-12-13-23-49(43)58-51(55)32-46-45-28-34-16-6-7-17-35(34)31-50(45)59-56(46)54)29-44(47)38-26-24-37(30-48(38)57)53-41-20-10-8-18-39(41)52(33-14-4-3-5-15-33)40-19-9-11-21-42(40)53/h3-32H,1-2H3. The molecule has 0 aliphatic heterocycles. The molecule has 0 bridgehead atoms. The monoisotopic (exact) mass is 784 g/mol. The summed E-state index contributed by atoms with van der Waals surface area (Å²) in [5.41, 5.74) is 13.1. The molecule has 1 aliphatic rings. The molecule has 12 aromatic rings. The summed E-state index contributed by atoms with van der Waals surface area (Å²) in [4.78, 5) is 0. The Kier molecular flexibility index (Phi) is 6.92. The lowest BCUT2D eigenvalue weighted by atomic mass is 9.80. The number of hydrogen-bond acceptors (Lipinski definition) is 2. The van der Waals surface area contributed by atoms with Crippen LogP contribution in [0.1, 0.15) is 25.0 Å². The van der Waals surface area contributed by atoms with Gasteiger partial charge in [-0.2, -0.15) is 0 Å². The molecule has 13 rings (SSSR count). The highest BCUT2D eigenvalue weighted by Gasteiger charge is 2.36. The van der Waals surface area contributed by atoms with Gasteiger partial charge in [0.05, 0.1) is 0 Å². The van der Waals surface area contributed by atoms with Crippen molar-refractivity contribution in [2.45, 2.75) is 19.3 Å². The summed E-state index contributed by atoms with van der Waals surface area (Å²) in [7, 11) is 0. The molecule has 0 saturated heterocycles. The zero-order valence-corrected chi connectivity index (χ0v) is 34.3. The molecular formula is C57H36S2. The van der Waals surface area contributed by atoms with E-state index in [1.807, 2.05) is 22.7 Å². The summed E-state index contributed by atoms with van der Waals surface area (Å²) < 4.78 is 5.41. The molecule has 0 atom stereocenters. The second-order valence-electron chi connectivity index (χ2n) is 16.8. The molecule has 0 fully saturated rings. The number of thiophene rings is 2. The van der Waals surface area contributed by atoms with Crippen LogP contribution in [0, 0.1) is 0 Å². The van der Waals surface area contributed by atoms with Gasteiger partial charge in [-0.05, 0) is 119 Å². The maximum atomic E-state index is 2.52. The van der Waals surface area contributed by atoms with E-state index < -0.39 is 0 Å². The third-order valence-corrected chi connectivity index (χ3v) is 15.5. The number of rotatable bonds is 3. The Morgan fingerprint density at radius 3 is 1.66 bits per heavy atom.